The van der Waals surface area contributed by atoms with Crippen LogP contribution in [-0.4, -0.2) is 48.2 Å². The standard InChI is InChI=1S/C18H20N4O4/c1-25-18(24)12-4-2-5-13(8-12)22-17(23)15-9-16(21-11-20-15)19-10-14-6-3-7-26-14/h2,4-5,8-9,11,14H,3,6-7,10H2,1H3,(H,22,23)(H,19,20,21). The van der Waals surface area contributed by atoms with Crippen molar-refractivity contribution in [3.05, 3.63) is 47.9 Å². The molecule has 1 fully saturated rings. The molecule has 2 heterocycles. The van der Waals surface area contributed by atoms with Crippen molar-refractivity contribution in [3.63, 3.8) is 0 Å². The van der Waals surface area contributed by atoms with Crippen molar-refractivity contribution in [1.82, 2.24) is 9.97 Å². The van der Waals surface area contributed by atoms with Gasteiger partial charge in [0.15, 0.2) is 0 Å². The number of nitrogens with one attached hydrogen (secondary N) is 2. The highest BCUT2D eigenvalue weighted by molar-refractivity contribution is 6.03. The molecule has 1 amide bonds. The van der Waals surface area contributed by atoms with Crippen LogP contribution in [0, 0.1) is 0 Å². The number of hydrogen-bond acceptors (Lipinski definition) is 7. The largest absolute Gasteiger partial charge is 0.465 e. The number of anilines is 2. The summed E-state index contributed by atoms with van der Waals surface area (Å²) in [6.45, 7) is 1.42. The van der Waals surface area contributed by atoms with E-state index in [1.54, 1.807) is 30.3 Å². The molecule has 2 aromatic rings. The van der Waals surface area contributed by atoms with Crippen LogP contribution in [0.4, 0.5) is 11.5 Å². The fraction of sp³-hybridized carbons (Fsp3) is 0.333. The third kappa shape index (κ3) is 4.54. The SMILES string of the molecule is COC(=O)c1cccc(NC(=O)c2cc(NCC3CCCO3)ncn2)c1. The summed E-state index contributed by atoms with van der Waals surface area (Å²) < 4.78 is 10.2. The van der Waals surface area contributed by atoms with E-state index in [1.807, 2.05) is 0 Å². The van der Waals surface area contributed by atoms with Crippen molar-refractivity contribution in [1.29, 1.82) is 0 Å². The quantitative estimate of drug-likeness (QED) is 0.764. The van der Waals surface area contributed by atoms with Gasteiger partial charge in [0, 0.05) is 24.9 Å². The Morgan fingerprint density at radius 1 is 1.31 bits per heavy atom. The van der Waals surface area contributed by atoms with Crippen LogP contribution in [0.3, 0.4) is 0 Å². The summed E-state index contributed by atoms with van der Waals surface area (Å²) >= 11 is 0. The first-order chi connectivity index (χ1) is 12.7. The molecule has 136 valence electrons. The summed E-state index contributed by atoms with van der Waals surface area (Å²) in [4.78, 5) is 32.1. The van der Waals surface area contributed by atoms with Crippen LogP contribution in [-0.2, 0) is 9.47 Å². The molecule has 0 aliphatic carbocycles. The number of carbonyl (C=O) groups excluding carboxylic acids is 2. The van der Waals surface area contributed by atoms with E-state index in [-0.39, 0.29) is 11.8 Å². The number of amides is 1. The average molecular weight is 356 g/mol. The molecule has 1 aromatic carbocycles. The Balaban J connectivity index is 1.64. The monoisotopic (exact) mass is 356 g/mol. The van der Waals surface area contributed by atoms with Gasteiger partial charge in [-0.05, 0) is 31.0 Å². The fourth-order valence-corrected chi connectivity index (χ4v) is 2.64. The number of carbonyl (C=O) groups is 2. The lowest BCUT2D eigenvalue weighted by molar-refractivity contribution is 0.0600. The molecule has 1 aliphatic rings. The maximum Gasteiger partial charge on any atom is 0.337 e. The molecular formula is C18H20N4O4. The van der Waals surface area contributed by atoms with Gasteiger partial charge in [0.05, 0.1) is 18.8 Å². The number of ether oxygens (including phenoxy) is 2. The maximum absolute atomic E-state index is 12.4. The maximum atomic E-state index is 12.4. The first kappa shape index (κ1) is 17.8. The van der Waals surface area contributed by atoms with E-state index in [2.05, 4.69) is 25.3 Å². The van der Waals surface area contributed by atoms with Gasteiger partial charge in [-0.15, -0.1) is 0 Å². The fourth-order valence-electron chi connectivity index (χ4n) is 2.64. The van der Waals surface area contributed by atoms with Gasteiger partial charge in [-0.2, -0.15) is 0 Å². The lowest BCUT2D eigenvalue weighted by Crippen LogP contribution is -2.20. The molecule has 0 bridgehead atoms. The summed E-state index contributed by atoms with van der Waals surface area (Å²) in [7, 11) is 1.31. The van der Waals surface area contributed by atoms with Gasteiger partial charge < -0.3 is 20.1 Å². The predicted molar refractivity (Wildman–Crippen MR) is 95.2 cm³/mol. The molecular weight excluding hydrogens is 336 g/mol. The number of rotatable bonds is 6. The van der Waals surface area contributed by atoms with Crippen molar-refractivity contribution in [2.75, 3.05) is 30.9 Å². The van der Waals surface area contributed by atoms with E-state index >= 15 is 0 Å². The Hall–Kier alpha value is -3.00. The highest BCUT2D eigenvalue weighted by atomic mass is 16.5. The number of methoxy groups -OCH3 is 1. The average Bonchev–Trinajstić information content (AvgIpc) is 3.20. The molecule has 0 saturated carbocycles. The van der Waals surface area contributed by atoms with Crippen LogP contribution in [0.1, 0.15) is 33.7 Å². The van der Waals surface area contributed by atoms with Crippen LogP contribution < -0.4 is 10.6 Å². The van der Waals surface area contributed by atoms with Crippen molar-refractivity contribution in [2.45, 2.75) is 18.9 Å². The van der Waals surface area contributed by atoms with Gasteiger partial charge >= 0.3 is 5.97 Å². The van der Waals surface area contributed by atoms with Gasteiger partial charge in [0.2, 0.25) is 0 Å². The van der Waals surface area contributed by atoms with Crippen LogP contribution in [0.15, 0.2) is 36.7 Å². The third-order valence-electron chi connectivity index (χ3n) is 3.98. The Bertz CT molecular complexity index is 790. The number of hydrogen-bond donors (Lipinski definition) is 2. The smallest absolute Gasteiger partial charge is 0.337 e. The van der Waals surface area contributed by atoms with Crippen molar-refractivity contribution < 1.29 is 19.1 Å². The highest BCUT2D eigenvalue weighted by Gasteiger charge is 2.16. The highest BCUT2D eigenvalue weighted by Crippen LogP contribution is 2.15. The minimum absolute atomic E-state index is 0.170. The van der Waals surface area contributed by atoms with Gasteiger partial charge in [-0.3, -0.25) is 4.79 Å². The molecule has 8 heteroatoms. The van der Waals surface area contributed by atoms with Crippen LogP contribution >= 0.6 is 0 Å². The molecule has 1 unspecified atom stereocenters. The lowest BCUT2D eigenvalue weighted by atomic mass is 10.2. The molecule has 1 aromatic heterocycles. The van der Waals surface area contributed by atoms with Gasteiger partial charge in [0.1, 0.15) is 17.8 Å². The van der Waals surface area contributed by atoms with Crippen LogP contribution in [0.2, 0.25) is 0 Å². The number of benzene rings is 1. The number of esters is 1. The Labute approximate surface area is 150 Å². The molecule has 1 saturated heterocycles. The minimum Gasteiger partial charge on any atom is -0.465 e. The van der Waals surface area contributed by atoms with Gasteiger partial charge in [0.25, 0.3) is 5.91 Å². The van der Waals surface area contributed by atoms with Crippen molar-refractivity contribution >= 4 is 23.4 Å². The van der Waals surface area contributed by atoms with Crippen molar-refractivity contribution in [3.8, 4) is 0 Å². The molecule has 2 N–H and O–H groups in total. The first-order valence-corrected chi connectivity index (χ1v) is 8.33. The normalized spacial score (nSPS) is 16.1. The summed E-state index contributed by atoms with van der Waals surface area (Å²) in [5.74, 6) is -0.303. The molecule has 0 radical (unpaired) electrons. The number of nitrogens with zero attached hydrogens (tertiary/aromatic N) is 2. The van der Waals surface area contributed by atoms with E-state index in [4.69, 9.17) is 4.74 Å². The van der Waals surface area contributed by atoms with Crippen molar-refractivity contribution in [2.24, 2.45) is 0 Å². The first-order valence-electron chi connectivity index (χ1n) is 8.33. The van der Waals surface area contributed by atoms with E-state index in [1.165, 1.54) is 13.4 Å². The Morgan fingerprint density at radius 2 is 2.19 bits per heavy atom. The zero-order valence-electron chi connectivity index (χ0n) is 14.4. The summed E-state index contributed by atoms with van der Waals surface area (Å²) in [6, 6.07) is 8.08. The number of aromatic nitrogens is 2. The van der Waals surface area contributed by atoms with E-state index in [0.29, 0.717) is 23.6 Å². The molecule has 3 rings (SSSR count). The Kier molecular flexibility index (Phi) is 5.75. The second-order valence-corrected chi connectivity index (χ2v) is 5.83. The molecule has 1 atom stereocenters. The van der Waals surface area contributed by atoms with Crippen LogP contribution in [0.5, 0.6) is 0 Å². The Morgan fingerprint density at radius 3 is 2.96 bits per heavy atom. The van der Waals surface area contributed by atoms with E-state index < -0.39 is 11.9 Å². The van der Waals surface area contributed by atoms with E-state index in [9.17, 15) is 9.59 Å². The van der Waals surface area contributed by atoms with Gasteiger partial charge in [-0.25, -0.2) is 14.8 Å². The molecule has 0 spiro atoms. The minimum atomic E-state index is -0.469. The zero-order valence-corrected chi connectivity index (χ0v) is 14.4. The lowest BCUT2D eigenvalue weighted by Gasteiger charge is -2.11. The summed E-state index contributed by atoms with van der Waals surface area (Å²) in [6.07, 6.45) is 3.58. The molecule has 8 nitrogen and oxygen atoms in total. The zero-order chi connectivity index (χ0) is 18.4. The second kappa shape index (κ2) is 8.39. The molecule has 1 aliphatic heterocycles. The summed E-state index contributed by atoms with van der Waals surface area (Å²) in [5.41, 5.74) is 1.05. The van der Waals surface area contributed by atoms with Crippen LogP contribution in [0.25, 0.3) is 0 Å². The predicted octanol–water partition coefficient (Wildman–Crippen LogP) is 2.11. The summed E-state index contributed by atoms with van der Waals surface area (Å²) in [5, 5.41) is 5.87. The second-order valence-electron chi connectivity index (χ2n) is 5.83. The molecule has 26 heavy (non-hydrogen) atoms. The topological polar surface area (TPSA) is 102 Å². The van der Waals surface area contributed by atoms with E-state index in [0.717, 1.165) is 19.4 Å². The third-order valence-corrected chi connectivity index (χ3v) is 3.98. The van der Waals surface area contributed by atoms with Gasteiger partial charge in [-0.1, -0.05) is 6.07 Å².